The number of hydrogen-bond acceptors (Lipinski definition) is 3. The van der Waals surface area contributed by atoms with E-state index in [0.29, 0.717) is 5.92 Å². The van der Waals surface area contributed by atoms with Crippen molar-refractivity contribution in [3.8, 4) is 10.6 Å². The normalized spacial score (nSPS) is 11.0. The topological polar surface area (TPSA) is 25.8 Å². The maximum atomic E-state index is 12.6. The van der Waals surface area contributed by atoms with E-state index < -0.39 is 5.95 Å². The van der Waals surface area contributed by atoms with Crippen LogP contribution in [-0.4, -0.2) is 9.97 Å². The van der Waals surface area contributed by atoms with E-state index in [1.54, 1.807) is 11.3 Å². The molecule has 0 fully saturated rings. The highest BCUT2D eigenvalue weighted by molar-refractivity contribution is 7.15. The summed E-state index contributed by atoms with van der Waals surface area (Å²) in [6.45, 7) is 4.38. The molecular weight excluding hydrogens is 223 g/mol. The van der Waals surface area contributed by atoms with Gasteiger partial charge in [0.15, 0.2) is 0 Å². The molecule has 0 bridgehead atoms. The van der Waals surface area contributed by atoms with E-state index in [1.165, 1.54) is 11.1 Å². The Hall–Kier alpha value is -1.29. The Kier molecular flexibility index (Phi) is 3.29. The van der Waals surface area contributed by atoms with Gasteiger partial charge in [0.25, 0.3) is 0 Å². The van der Waals surface area contributed by atoms with Crippen LogP contribution in [0.5, 0.6) is 0 Å². The predicted octanol–water partition coefficient (Wildman–Crippen LogP) is 3.54. The van der Waals surface area contributed by atoms with Gasteiger partial charge in [-0.1, -0.05) is 13.8 Å². The third-order valence-electron chi connectivity index (χ3n) is 2.14. The fourth-order valence-electron chi connectivity index (χ4n) is 1.47. The molecule has 0 spiro atoms. The number of thiophene rings is 1. The Balaban J connectivity index is 2.21. The minimum Gasteiger partial charge on any atom is -0.249 e. The molecule has 0 saturated heterocycles. The molecule has 2 heterocycles. The fraction of sp³-hybridized carbons (Fsp3) is 0.333. The van der Waals surface area contributed by atoms with Gasteiger partial charge in [0.2, 0.25) is 5.95 Å². The summed E-state index contributed by atoms with van der Waals surface area (Å²) in [5.74, 6) is 0.105. The van der Waals surface area contributed by atoms with E-state index in [2.05, 4.69) is 29.9 Å². The molecule has 2 nitrogen and oxygen atoms in total. The van der Waals surface area contributed by atoms with Gasteiger partial charge < -0.3 is 0 Å². The van der Waals surface area contributed by atoms with E-state index in [-0.39, 0.29) is 0 Å². The minimum atomic E-state index is -0.539. The summed E-state index contributed by atoms with van der Waals surface area (Å²) in [6.07, 6.45) is 3.69. The summed E-state index contributed by atoms with van der Waals surface area (Å²) in [5.41, 5.74) is 0.737. The molecule has 0 saturated carbocycles. The lowest BCUT2D eigenvalue weighted by molar-refractivity contribution is 0.577. The molecule has 2 aromatic heterocycles. The molecule has 2 aromatic rings. The minimum absolute atomic E-state index is 0.539. The largest absolute Gasteiger partial charge is 0.249 e. The zero-order valence-electron chi connectivity index (χ0n) is 9.27. The van der Waals surface area contributed by atoms with Crippen LogP contribution >= 0.6 is 11.3 Å². The van der Waals surface area contributed by atoms with Gasteiger partial charge in [0.05, 0.1) is 23.0 Å². The van der Waals surface area contributed by atoms with Crippen LogP contribution in [0.2, 0.25) is 0 Å². The average molecular weight is 236 g/mol. The van der Waals surface area contributed by atoms with Crippen LogP contribution in [0.15, 0.2) is 24.5 Å². The number of halogens is 1. The average Bonchev–Trinajstić information content (AvgIpc) is 2.66. The Morgan fingerprint density at radius 2 is 2.06 bits per heavy atom. The van der Waals surface area contributed by atoms with Crippen molar-refractivity contribution in [1.29, 1.82) is 0 Å². The molecule has 0 aromatic carbocycles. The molecule has 0 radical (unpaired) electrons. The summed E-state index contributed by atoms with van der Waals surface area (Å²) in [4.78, 5) is 9.99. The van der Waals surface area contributed by atoms with Crippen LogP contribution in [0.25, 0.3) is 10.6 Å². The maximum absolute atomic E-state index is 12.6. The van der Waals surface area contributed by atoms with Gasteiger partial charge in [-0.3, -0.25) is 0 Å². The predicted molar refractivity (Wildman–Crippen MR) is 63.8 cm³/mol. The first kappa shape index (κ1) is 11.2. The lowest BCUT2D eigenvalue weighted by Crippen LogP contribution is -1.89. The molecule has 0 N–H and O–H groups in total. The highest BCUT2D eigenvalue weighted by Crippen LogP contribution is 2.27. The summed E-state index contributed by atoms with van der Waals surface area (Å²) in [6, 6.07) is 4.12. The number of rotatable bonds is 3. The van der Waals surface area contributed by atoms with Gasteiger partial charge in [-0.15, -0.1) is 11.3 Å². The van der Waals surface area contributed by atoms with Gasteiger partial charge in [0.1, 0.15) is 0 Å². The van der Waals surface area contributed by atoms with Gasteiger partial charge in [-0.05, 0) is 24.5 Å². The first-order valence-corrected chi connectivity index (χ1v) is 6.03. The van der Waals surface area contributed by atoms with Crippen molar-refractivity contribution in [2.45, 2.75) is 20.3 Å². The highest BCUT2D eigenvalue weighted by Gasteiger charge is 2.06. The molecule has 16 heavy (non-hydrogen) atoms. The lowest BCUT2D eigenvalue weighted by Gasteiger charge is -1.99. The van der Waals surface area contributed by atoms with Crippen LogP contribution in [0.1, 0.15) is 18.7 Å². The molecule has 84 valence electrons. The molecule has 4 heteroatoms. The standard InChI is InChI=1S/C12H13FN2S/c1-8(2)5-9-3-4-11(16-9)10-6-15-12(13)7-14-10/h3-4,6-8H,5H2,1-2H3. The molecular formula is C12H13FN2S. The maximum Gasteiger partial charge on any atom is 0.231 e. The van der Waals surface area contributed by atoms with Crippen LogP contribution in [0, 0.1) is 11.9 Å². The van der Waals surface area contributed by atoms with Crippen molar-refractivity contribution >= 4 is 11.3 Å². The van der Waals surface area contributed by atoms with E-state index in [9.17, 15) is 4.39 Å². The van der Waals surface area contributed by atoms with Crippen LogP contribution in [-0.2, 0) is 6.42 Å². The van der Waals surface area contributed by atoms with E-state index in [0.717, 1.165) is 23.2 Å². The van der Waals surface area contributed by atoms with E-state index >= 15 is 0 Å². The summed E-state index contributed by atoms with van der Waals surface area (Å²) in [7, 11) is 0. The zero-order valence-corrected chi connectivity index (χ0v) is 10.1. The second kappa shape index (κ2) is 4.70. The van der Waals surface area contributed by atoms with E-state index in [1.807, 2.05) is 6.07 Å². The van der Waals surface area contributed by atoms with Crippen molar-refractivity contribution in [1.82, 2.24) is 9.97 Å². The first-order valence-electron chi connectivity index (χ1n) is 5.22. The Bertz CT molecular complexity index is 462. The third kappa shape index (κ3) is 2.64. The first-order chi connectivity index (χ1) is 7.65. The van der Waals surface area contributed by atoms with Crippen molar-refractivity contribution < 1.29 is 4.39 Å². The monoisotopic (exact) mass is 236 g/mol. The molecule has 0 amide bonds. The summed E-state index contributed by atoms with van der Waals surface area (Å²) in [5, 5.41) is 0. The second-order valence-electron chi connectivity index (χ2n) is 4.09. The van der Waals surface area contributed by atoms with Crippen molar-refractivity contribution in [2.24, 2.45) is 5.92 Å². The van der Waals surface area contributed by atoms with Crippen LogP contribution in [0.4, 0.5) is 4.39 Å². The van der Waals surface area contributed by atoms with Crippen molar-refractivity contribution in [2.75, 3.05) is 0 Å². The quantitative estimate of drug-likeness (QED) is 0.814. The van der Waals surface area contributed by atoms with Gasteiger partial charge in [0, 0.05) is 4.88 Å². The fourth-order valence-corrected chi connectivity index (χ4v) is 2.65. The third-order valence-corrected chi connectivity index (χ3v) is 3.27. The molecule has 2 rings (SSSR count). The van der Waals surface area contributed by atoms with E-state index in [4.69, 9.17) is 0 Å². The lowest BCUT2D eigenvalue weighted by atomic mass is 10.1. The van der Waals surface area contributed by atoms with Gasteiger partial charge in [-0.2, -0.15) is 4.39 Å². The van der Waals surface area contributed by atoms with Gasteiger partial charge in [-0.25, -0.2) is 9.97 Å². The molecule has 0 atom stereocenters. The molecule has 0 aliphatic carbocycles. The summed E-state index contributed by atoms with van der Waals surface area (Å²) >= 11 is 1.70. The molecule has 0 unspecified atom stereocenters. The number of hydrogen-bond donors (Lipinski definition) is 0. The highest BCUT2D eigenvalue weighted by atomic mass is 32.1. The summed E-state index contributed by atoms with van der Waals surface area (Å²) < 4.78 is 12.6. The Morgan fingerprint density at radius 3 is 2.69 bits per heavy atom. The Labute approximate surface area is 98.2 Å². The zero-order chi connectivity index (χ0) is 11.5. The van der Waals surface area contributed by atoms with Gasteiger partial charge >= 0.3 is 0 Å². The van der Waals surface area contributed by atoms with Crippen molar-refractivity contribution in [3.05, 3.63) is 35.4 Å². The van der Waals surface area contributed by atoms with Crippen molar-refractivity contribution in [3.63, 3.8) is 0 Å². The second-order valence-corrected chi connectivity index (χ2v) is 5.26. The molecule has 0 aliphatic rings. The van der Waals surface area contributed by atoms with Crippen LogP contribution in [0.3, 0.4) is 0 Å². The Morgan fingerprint density at radius 1 is 1.25 bits per heavy atom. The van der Waals surface area contributed by atoms with Crippen LogP contribution < -0.4 is 0 Å². The SMILES string of the molecule is CC(C)Cc1ccc(-c2cnc(F)cn2)s1. The number of nitrogens with zero attached hydrogens (tertiary/aromatic N) is 2. The number of aromatic nitrogens is 2. The molecule has 0 aliphatic heterocycles. The smallest absolute Gasteiger partial charge is 0.231 e.